The highest BCUT2D eigenvalue weighted by Gasteiger charge is 2.05. The van der Waals surface area contributed by atoms with Crippen molar-refractivity contribution in [1.82, 2.24) is 4.98 Å². The van der Waals surface area contributed by atoms with Gasteiger partial charge in [0.25, 0.3) is 0 Å². The van der Waals surface area contributed by atoms with Crippen LogP contribution in [0.25, 0.3) is 0 Å². The number of nitrogen functional groups attached to an aromatic ring is 1. The lowest BCUT2D eigenvalue weighted by molar-refractivity contribution is 0.735. The van der Waals surface area contributed by atoms with E-state index in [0.717, 1.165) is 5.56 Å². The topological polar surface area (TPSA) is 91.0 Å². The van der Waals surface area contributed by atoms with E-state index in [0.29, 0.717) is 12.2 Å². The van der Waals surface area contributed by atoms with Gasteiger partial charge >= 0.3 is 0 Å². The molecule has 6 N–H and O–H groups in total. The second-order valence-corrected chi connectivity index (χ2v) is 2.35. The predicted octanol–water partition coefficient (Wildman–Crippen LogP) is -0.378. The van der Waals surface area contributed by atoms with Gasteiger partial charge in [-0.3, -0.25) is 4.98 Å². The first-order valence-corrected chi connectivity index (χ1v) is 3.40. The van der Waals surface area contributed by atoms with Crippen molar-refractivity contribution < 1.29 is 0 Å². The lowest BCUT2D eigenvalue weighted by atomic mass is 10.1. The molecule has 1 aromatic rings. The maximum atomic E-state index is 5.65. The van der Waals surface area contributed by atoms with Gasteiger partial charge in [0.05, 0.1) is 0 Å². The lowest BCUT2D eigenvalue weighted by Crippen LogP contribution is -2.21. The molecule has 4 heteroatoms. The van der Waals surface area contributed by atoms with Crippen molar-refractivity contribution in [2.24, 2.45) is 11.5 Å². The summed E-state index contributed by atoms with van der Waals surface area (Å²) in [4.78, 5) is 3.90. The van der Waals surface area contributed by atoms with Gasteiger partial charge in [0.2, 0.25) is 0 Å². The minimum atomic E-state index is -0.205. The maximum absolute atomic E-state index is 5.65. The van der Waals surface area contributed by atoms with Crippen LogP contribution in [0.1, 0.15) is 11.6 Å². The van der Waals surface area contributed by atoms with Crippen molar-refractivity contribution in [2.45, 2.75) is 6.04 Å². The van der Waals surface area contributed by atoms with Gasteiger partial charge in [-0.05, 0) is 6.07 Å². The molecule has 0 saturated carbocycles. The van der Waals surface area contributed by atoms with E-state index in [9.17, 15) is 0 Å². The summed E-state index contributed by atoms with van der Waals surface area (Å²) in [6.07, 6.45) is 3.27. The summed E-state index contributed by atoms with van der Waals surface area (Å²) in [7, 11) is 0. The van der Waals surface area contributed by atoms with E-state index in [1.54, 1.807) is 18.5 Å². The van der Waals surface area contributed by atoms with Crippen LogP contribution in [0, 0.1) is 0 Å². The Bertz CT molecular complexity index is 236. The fourth-order valence-corrected chi connectivity index (χ4v) is 0.854. The molecular formula is C7H12N4. The summed E-state index contributed by atoms with van der Waals surface area (Å²) >= 11 is 0. The Kier molecular flexibility index (Phi) is 2.40. The van der Waals surface area contributed by atoms with Crippen LogP contribution in [-0.2, 0) is 0 Å². The molecule has 0 radical (unpaired) electrons. The van der Waals surface area contributed by atoms with Crippen LogP contribution in [0.2, 0.25) is 0 Å². The molecule has 4 nitrogen and oxygen atoms in total. The first kappa shape index (κ1) is 7.97. The number of aromatic nitrogens is 1. The van der Waals surface area contributed by atoms with E-state index >= 15 is 0 Å². The summed E-state index contributed by atoms with van der Waals surface area (Å²) in [5.41, 5.74) is 18.1. The second-order valence-electron chi connectivity index (χ2n) is 2.35. The molecule has 60 valence electrons. The largest absolute Gasteiger partial charge is 0.398 e. The van der Waals surface area contributed by atoms with Crippen LogP contribution < -0.4 is 17.2 Å². The number of hydrogen-bond donors (Lipinski definition) is 3. The number of nitrogens with zero attached hydrogens (tertiary/aromatic N) is 1. The summed E-state index contributed by atoms with van der Waals surface area (Å²) in [5.74, 6) is 0. The SMILES string of the molecule is NC[C@@H](N)c1cnccc1N. The summed E-state index contributed by atoms with van der Waals surface area (Å²) in [5, 5.41) is 0. The number of rotatable bonds is 2. The molecular weight excluding hydrogens is 140 g/mol. The molecule has 0 unspecified atom stereocenters. The fraction of sp³-hybridized carbons (Fsp3) is 0.286. The molecule has 1 heterocycles. The van der Waals surface area contributed by atoms with Crippen LogP contribution in [0.15, 0.2) is 18.5 Å². The average Bonchev–Trinajstić information content (AvgIpc) is 2.04. The third-order valence-corrected chi connectivity index (χ3v) is 1.54. The fourth-order valence-electron chi connectivity index (χ4n) is 0.854. The van der Waals surface area contributed by atoms with Crippen LogP contribution in [0.4, 0.5) is 5.69 Å². The Hall–Kier alpha value is -1.13. The van der Waals surface area contributed by atoms with E-state index in [-0.39, 0.29) is 6.04 Å². The van der Waals surface area contributed by atoms with Gasteiger partial charge in [0, 0.05) is 36.2 Å². The molecule has 0 aliphatic rings. The van der Waals surface area contributed by atoms with Gasteiger partial charge in [-0.25, -0.2) is 0 Å². The Morgan fingerprint density at radius 2 is 2.27 bits per heavy atom. The van der Waals surface area contributed by atoms with E-state index < -0.39 is 0 Å². The number of hydrogen-bond acceptors (Lipinski definition) is 4. The molecule has 1 atom stereocenters. The zero-order valence-corrected chi connectivity index (χ0v) is 6.20. The smallest absolute Gasteiger partial charge is 0.0455 e. The highest BCUT2D eigenvalue weighted by atomic mass is 14.8. The van der Waals surface area contributed by atoms with E-state index in [2.05, 4.69) is 4.98 Å². The first-order valence-electron chi connectivity index (χ1n) is 3.40. The van der Waals surface area contributed by atoms with Crippen molar-refractivity contribution in [3.05, 3.63) is 24.0 Å². The van der Waals surface area contributed by atoms with Gasteiger partial charge in [-0.2, -0.15) is 0 Å². The minimum Gasteiger partial charge on any atom is -0.398 e. The molecule has 1 aromatic heterocycles. The zero-order chi connectivity index (χ0) is 8.27. The highest BCUT2D eigenvalue weighted by molar-refractivity contribution is 5.46. The van der Waals surface area contributed by atoms with Gasteiger partial charge in [0.1, 0.15) is 0 Å². The maximum Gasteiger partial charge on any atom is 0.0455 e. The van der Waals surface area contributed by atoms with Crippen molar-refractivity contribution in [1.29, 1.82) is 0 Å². The number of nitrogens with two attached hydrogens (primary N) is 3. The standard InChI is InChI=1S/C7H12N4/c8-3-7(10)5-4-11-2-1-6(5)9/h1-2,4,7H,3,8,10H2,(H2,9,11)/t7-/m1/s1. The lowest BCUT2D eigenvalue weighted by Gasteiger charge is -2.10. The molecule has 0 aliphatic heterocycles. The molecule has 0 amide bonds. The van der Waals surface area contributed by atoms with Gasteiger partial charge in [-0.15, -0.1) is 0 Å². The Labute approximate surface area is 65.4 Å². The normalized spacial score (nSPS) is 12.9. The Balaban J connectivity index is 2.93. The highest BCUT2D eigenvalue weighted by Crippen LogP contribution is 2.14. The van der Waals surface area contributed by atoms with Gasteiger partial charge in [-0.1, -0.05) is 0 Å². The minimum absolute atomic E-state index is 0.205. The predicted molar refractivity (Wildman–Crippen MR) is 44.6 cm³/mol. The third-order valence-electron chi connectivity index (χ3n) is 1.54. The third kappa shape index (κ3) is 1.66. The molecule has 1 rings (SSSR count). The quantitative estimate of drug-likeness (QED) is 0.539. The van der Waals surface area contributed by atoms with E-state index in [1.807, 2.05) is 0 Å². The van der Waals surface area contributed by atoms with Crippen LogP contribution in [-0.4, -0.2) is 11.5 Å². The van der Waals surface area contributed by atoms with Crippen molar-refractivity contribution >= 4 is 5.69 Å². The van der Waals surface area contributed by atoms with E-state index in [1.165, 1.54) is 0 Å². The molecule has 0 aliphatic carbocycles. The van der Waals surface area contributed by atoms with Crippen LogP contribution >= 0.6 is 0 Å². The molecule has 0 aromatic carbocycles. The average molecular weight is 152 g/mol. The summed E-state index contributed by atoms with van der Waals surface area (Å²) in [6.45, 7) is 0.385. The molecule has 0 fully saturated rings. The molecule has 11 heavy (non-hydrogen) atoms. The van der Waals surface area contributed by atoms with Gasteiger partial charge in [0.15, 0.2) is 0 Å². The van der Waals surface area contributed by atoms with Crippen molar-refractivity contribution in [3.63, 3.8) is 0 Å². The van der Waals surface area contributed by atoms with Crippen LogP contribution in [0.3, 0.4) is 0 Å². The zero-order valence-electron chi connectivity index (χ0n) is 6.20. The molecule has 0 saturated heterocycles. The number of anilines is 1. The summed E-state index contributed by atoms with van der Waals surface area (Å²) < 4.78 is 0. The number of pyridine rings is 1. The molecule has 0 bridgehead atoms. The van der Waals surface area contributed by atoms with Crippen molar-refractivity contribution in [2.75, 3.05) is 12.3 Å². The Morgan fingerprint density at radius 1 is 1.55 bits per heavy atom. The van der Waals surface area contributed by atoms with Gasteiger partial charge < -0.3 is 17.2 Å². The second kappa shape index (κ2) is 3.32. The van der Waals surface area contributed by atoms with E-state index in [4.69, 9.17) is 17.2 Å². The van der Waals surface area contributed by atoms with Crippen LogP contribution in [0.5, 0.6) is 0 Å². The summed E-state index contributed by atoms with van der Waals surface area (Å²) in [6, 6.07) is 1.51. The molecule has 0 spiro atoms. The van der Waals surface area contributed by atoms with Crippen molar-refractivity contribution in [3.8, 4) is 0 Å². The first-order chi connectivity index (χ1) is 5.25. The monoisotopic (exact) mass is 152 g/mol. The Morgan fingerprint density at radius 3 is 2.82 bits per heavy atom.